The highest BCUT2D eigenvalue weighted by molar-refractivity contribution is 6.44. The summed E-state index contributed by atoms with van der Waals surface area (Å²) in [5.41, 5.74) is 0.00799. The number of anilines is 3. The number of aromatic nitrogens is 2. The molecule has 0 unspecified atom stereocenters. The third-order valence-electron chi connectivity index (χ3n) is 5.54. The lowest BCUT2D eigenvalue weighted by atomic mass is 9.92. The molecular weight excluding hydrogens is 429 g/mol. The van der Waals surface area contributed by atoms with E-state index in [1.165, 1.54) is 0 Å². The third-order valence-corrected chi connectivity index (χ3v) is 6.36. The van der Waals surface area contributed by atoms with Crippen molar-refractivity contribution in [3.8, 4) is 0 Å². The molecule has 2 aliphatic rings. The molecule has 0 bridgehead atoms. The van der Waals surface area contributed by atoms with Gasteiger partial charge in [-0.15, -0.1) is 0 Å². The van der Waals surface area contributed by atoms with Gasteiger partial charge in [0, 0.05) is 19.0 Å². The van der Waals surface area contributed by atoms with Crippen molar-refractivity contribution in [1.82, 2.24) is 9.97 Å². The summed E-state index contributed by atoms with van der Waals surface area (Å²) < 4.78 is 0. The largest absolute Gasteiger partial charge is 0.340 e. The molecule has 1 aromatic heterocycles. The van der Waals surface area contributed by atoms with Crippen LogP contribution in [0.1, 0.15) is 44.1 Å². The van der Waals surface area contributed by atoms with Crippen LogP contribution in [0.3, 0.4) is 0 Å². The fraction of sp³-hybridized carbons (Fsp3) is 0.400. The molecular formula is C20H21Cl2N5O3. The van der Waals surface area contributed by atoms with Gasteiger partial charge in [0.05, 0.1) is 27.2 Å². The number of hydrogen-bond donors (Lipinski definition) is 3. The summed E-state index contributed by atoms with van der Waals surface area (Å²) in [4.78, 5) is 47.5. The minimum Gasteiger partial charge on any atom is -0.340 e. The number of fused-ring (bicyclic) bond motifs is 1. The third kappa shape index (κ3) is 3.89. The standard InChI is InChI=1S/C20H21Cl2N5O3/c1-10-5-2-3-8-27(10)20-25-17-15(19(30)26-20)11(9-14(28)24-17)18(29)23-13-7-4-6-12(21)16(13)22/h4,6-7,10-11H,2-3,5,8-9H2,1H3,(H,23,29)(H2,24,25,26,28,30)/t10-,11-/m1/s1. The van der Waals surface area contributed by atoms with Crippen LogP contribution in [0.5, 0.6) is 0 Å². The van der Waals surface area contributed by atoms with Gasteiger partial charge in [0.25, 0.3) is 5.56 Å². The molecule has 1 fully saturated rings. The van der Waals surface area contributed by atoms with Crippen molar-refractivity contribution in [2.24, 2.45) is 0 Å². The van der Waals surface area contributed by atoms with Crippen LogP contribution in [0.25, 0.3) is 0 Å². The van der Waals surface area contributed by atoms with Gasteiger partial charge in [-0.2, -0.15) is 4.98 Å². The topological polar surface area (TPSA) is 107 Å². The molecule has 10 heteroatoms. The number of amides is 2. The Kier molecular flexibility index (Phi) is 5.71. The maximum atomic E-state index is 12.9. The quantitative estimate of drug-likeness (QED) is 0.664. The summed E-state index contributed by atoms with van der Waals surface area (Å²) >= 11 is 12.1. The second-order valence-corrected chi connectivity index (χ2v) is 8.37. The number of H-pyrrole nitrogens is 1. The minimum atomic E-state index is -0.993. The van der Waals surface area contributed by atoms with Gasteiger partial charge in [-0.3, -0.25) is 19.4 Å². The Morgan fingerprint density at radius 3 is 2.83 bits per heavy atom. The predicted octanol–water partition coefficient (Wildman–Crippen LogP) is 3.52. The Hall–Kier alpha value is -2.58. The molecule has 1 aromatic carbocycles. The molecule has 4 rings (SSSR count). The lowest BCUT2D eigenvalue weighted by molar-refractivity contribution is -0.123. The SMILES string of the molecule is C[C@@H]1CCCCN1c1nc2c(c(=O)[nH]1)[C@H](C(=O)Nc1cccc(Cl)c1Cl)CC(=O)N2. The van der Waals surface area contributed by atoms with Gasteiger partial charge < -0.3 is 15.5 Å². The Morgan fingerprint density at radius 2 is 2.07 bits per heavy atom. The van der Waals surface area contributed by atoms with Crippen molar-refractivity contribution in [2.75, 3.05) is 22.1 Å². The zero-order valence-corrected chi connectivity index (χ0v) is 17.8. The highest BCUT2D eigenvalue weighted by atomic mass is 35.5. The first-order chi connectivity index (χ1) is 14.3. The summed E-state index contributed by atoms with van der Waals surface area (Å²) in [5, 5.41) is 5.79. The molecule has 2 amide bonds. The van der Waals surface area contributed by atoms with Crippen LogP contribution in [0, 0.1) is 0 Å². The first kappa shape index (κ1) is 20.7. The number of carbonyl (C=O) groups excluding carboxylic acids is 2. The second-order valence-electron chi connectivity index (χ2n) is 7.59. The molecule has 2 atom stereocenters. The van der Waals surface area contributed by atoms with Gasteiger partial charge in [-0.05, 0) is 38.3 Å². The number of hydrogen-bond acceptors (Lipinski definition) is 5. The van der Waals surface area contributed by atoms with E-state index in [2.05, 4.69) is 27.5 Å². The van der Waals surface area contributed by atoms with Crippen LogP contribution in [-0.4, -0.2) is 34.4 Å². The molecule has 2 aliphatic heterocycles. The number of aromatic amines is 1. The molecule has 0 radical (unpaired) electrons. The first-order valence-corrected chi connectivity index (χ1v) is 10.6. The van der Waals surface area contributed by atoms with E-state index in [1.54, 1.807) is 18.2 Å². The number of carbonyl (C=O) groups is 2. The van der Waals surface area contributed by atoms with E-state index in [1.807, 2.05) is 4.90 Å². The van der Waals surface area contributed by atoms with Gasteiger partial charge in [-0.1, -0.05) is 29.3 Å². The van der Waals surface area contributed by atoms with E-state index < -0.39 is 17.4 Å². The van der Waals surface area contributed by atoms with Crippen molar-refractivity contribution in [2.45, 2.75) is 44.6 Å². The van der Waals surface area contributed by atoms with Crippen molar-refractivity contribution < 1.29 is 9.59 Å². The van der Waals surface area contributed by atoms with Gasteiger partial charge in [0.2, 0.25) is 17.8 Å². The van der Waals surface area contributed by atoms with E-state index in [0.717, 1.165) is 25.8 Å². The molecule has 2 aromatic rings. The van der Waals surface area contributed by atoms with Crippen LogP contribution in [-0.2, 0) is 9.59 Å². The van der Waals surface area contributed by atoms with Gasteiger partial charge >= 0.3 is 0 Å². The molecule has 8 nitrogen and oxygen atoms in total. The maximum Gasteiger partial charge on any atom is 0.258 e. The van der Waals surface area contributed by atoms with Crippen LogP contribution >= 0.6 is 23.2 Å². The van der Waals surface area contributed by atoms with Gasteiger partial charge in [0.15, 0.2) is 0 Å². The highest BCUT2D eigenvalue weighted by Crippen LogP contribution is 2.34. The van der Waals surface area contributed by atoms with Crippen molar-refractivity contribution in [1.29, 1.82) is 0 Å². The van der Waals surface area contributed by atoms with Crippen LogP contribution in [0.2, 0.25) is 10.0 Å². The maximum absolute atomic E-state index is 12.9. The normalized spacial score (nSPS) is 21.0. The van der Waals surface area contributed by atoms with E-state index >= 15 is 0 Å². The molecule has 0 saturated carbocycles. The lowest BCUT2D eigenvalue weighted by Crippen LogP contribution is -2.42. The zero-order chi connectivity index (χ0) is 21.4. The monoisotopic (exact) mass is 449 g/mol. The molecule has 0 spiro atoms. The van der Waals surface area contributed by atoms with Crippen molar-refractivity contribution in [3.05, 3.63) is 44.2 Å². The summed E-state index contributed by atoms with van der Waals surface area (Å²) in [6, 6.07) is 5.06. The number of benzene rings is 1. The average molecular weight is 450 g/mol. The van der Waals surface area contributed by atoms with Crippen molar-refractivity contribution in [3.63, 3.8) is 0 Å². The number of nitrogens with one attached hydrogen (secondary N) is 3. The molecule has 3 N–H and O–H groups in total. The fourth-order valence-electron chi connectivity index (χ4n) is 3.95. The lowest BCUT2D eigenvalue weighted by Gasteiger charge is -2.34. The first-order valence-electron chi connectivity index (χ1n) is 9.80. The van der Waals surface area contributed by atoms with Gasteiger partial charge in [-0.25, -0.2) is 0 Å². The number of rotatable bonds is 3. The molecule has 158 valence electrons. The number of piperidine rings is 1. The van der Waals surface area contributed by atoms with Crippen LogP contribution in [0.15, 0.2) is 23.0 Å². The molecule has 3 heterocycles. The Morgan fingerprint density at radius 1 is 1.27 bits per heavy atom. The molecule has 0 aliphatic carbocycles. The van der Waals surface area contributed by atoms with Crippen LogP contribution in [0.4, 0.5) is 17.5 Å². The second kappa shape index (κ2) is 8.28. The van der Waals surface area contributed by atoms with Gasteiger partial charge in [0.1, 0.15) is 5.82 Å². The summed E-state index contributed by atoms with van der Waals surface area (Å²) in [7, 11) is 0. The molecule has 1 saturated heterocycles. The smallest absolute Gasteiger partial charge is 0.258 e. The number of nitrogens with zero attached hydrogens (tertiary/aromatic N) is 2. The highest BCUT2D eigenvalue weighted by Gasteiger charge is 2.35. The Balaban J connectivity index is 1.68. The summed E-state index contributed by atoms with van der Waals surface area (Å²) in [5.74, 6) is -1.37. The van der Waals surface area contributed by atoms with E-state index in [-0.39, 0.29) is 39.8 Å². The van der Waals surface area contributed by atoms with E-state index in [0.29, 0.717) is 11.6 Å². The summed E-state index contributed by atoms with van der Waals surface area (Å²) in [6.45, 7) is 2.84. The average Bonchev–Trinajstić information content (AvgIpc) is 2.70. The fourth-order valence-corrected chi connectivity index (χ4v) is 4.30. The Labute approximate surface area is 183 Å². The minimum absolute atomic E-state index is 0.125. The Bertz CT molecular complexity index is 1070. The number of halogens is 2. The van der Waals surface area contributed by atoms with Crippen molar-refractivity contribution >= 4 is 52.5 Å². The van der Waals surface area contributed by atoms with E-state index in [4.69, 9.17) is 23.2 Å². The summed E-state index contributed by atoms with van der Waals surface area (Å²) in [6.07, 6.45) is 2.96. The molecule has 30 heavy (non-hydrogen) atoms. The van der Waals surface area contributed by atoms with Crippen LogP contribution < -0.4 is 21.1 Å². The van der Waals surface area contributed by atoms with E-state index in [9.17, 15) is 14.4 Å². The predicted molar refractivity (Wildman–Crippen MR) is 117 cm³/mol. The zero-order valence-electron chi connectivity index (χ0n) is 16.3.